The van der Waals surface area contributed by atoms with E-state index in [1.807, 2.05) is 4.90 Å². The zero-order chi connectivity index (χ0) is 22.0. The van der Waals surface area contributed by atoms with Crippen LogP contribution < -0.4 is 15.5 Å². The second-order valence-corrected chi connectivity index (χ2v) is 7.40. The number of rotatable bonds is 5. The number of carbonyl (C=O) groups excluding carboxylic acids is 3. The maximum Gasteiger partial charge on any atom is 0.322 e. The number of piperazine rings is 1. The van der Waals surface area contributed by atoms with E-state index >= 15 is 0 Å². The van der Waals surface area contributed by atoms with Gasteiger partial charge in [-0.3, -0.25) is 24.9 Å². The SMILES string of the molecule is O=C1NC(=O)C(CCC(=O)N2CCN(c3cc(F)cc(F)c3)CC2)(c2cnccn2)N1. The van der Waals surface area contributed by atoms with Crippen molar-refractivity contribution in [2.75, 3.05) is 31.1 Å². The van der Waals surface area contributed by atoms with E-state index < -0.39 is 29.1 Å². The second kappa shape index (κ2) is 8.25. The molecule has 1 atom stereocenters. The van der Waals surface area contributed by atoms with E-state index in [1.165, 1.54) is 30.7 Å². The van der Waals surface area contributed by atoms with Crippen molar-refractivity contribution in [2.24, 2.45) is 0 Å². The minimum Gasteiger partial charge on any atom is -0.368 e. The topological polar surface area (TPSA) is 108 Å². The van der Waals surface area contributed by atoms with Gasteiger partial charge < -0.3 is 15.1 Å². The molecular weight excluding hydrogens is 410 g/mol. The molecule has 0 aliphatic carbocycles. The van der Waals surface area contributed by atoms with Crippen molar-refractivity contribution in [3.8, 4) is 0 Å². The third-order valence-corrected chi connectivity index (χ3v) is 5.50. The minimum atomic E-state index is -1.46. The van der Waals surface area contributed by atoms with Gasteiger partial charge >= 0.3 is 6.03 Å². The maximum absolute atomic E-state index is 13.5. The molecule has 9 nitrogen and oxygen atoms in total. The van der Waals surface area contributed by atoms with Gasteiger partial charge in [-0.05, 0) is 18.6 Å². The van der Waals surface area contributed by atoms with Gasteiger partial charge in [0, 0.05) is 56.7 Å². The van der Waals surface area contributed by atoms with E-state index in [4.69, 9.17) is 0 Å². The Balaban J connectivity index is 1.39. The van der Waals surface area contributed by atoms with Crippen LogP contribution in [0.3, 0.4) is 0 Å². The Bertz CT molecular complexity index is 993. The average Bonchev–Trinajstić information content (AvgIpc) is 3.06. The van der Waals surface area contributed by atoms with Gasteiger partial charge in [0.05, 0.1) is 11.9 Å². The van der Waals surface area contributed by atoms with Crippen LogP contribution in [0.2, 0.25) is 0 Å². The van der Waals surface area contributed by atoms with E-state index in [2.05, 4.69) is 20.6 Å². The number of hydrogen-bond acceptors (Lipinski definition) is 6. The molecule has 1 unspecified atom stereocenters. The van der Waals surface area contributed by atoms with Crippen molar-refractivity contribution >= 4 is 23.5 Å². The fraction of sp³-hybridized carbons (Fsp3) is 0.350. The van der Waals surface area contributed by atoms with Crippen LogP contribution in [0, 0.1) is 11.6 Å². The van der Waals surface area contributed by atoms with E-state index in [9.17, 15) is 23.2 Å². The lowest BCUT2D eigenvalue weighted by molar-refractivity contribution is -0.132. The number of nitrogens with zero attached hydrogens (tertiary/aromatic N) is 4. The van der Waals surface area contributed by atoms with Gasteiger partial charge in [0.25, 0.3) is 5.91 Å². The number of nitrogens with one attached hydrogen (secondary N) is 2. The zero-order valence-electron chi connectivity index (χ0n) is 16.5. The normalized spacial score (nSPS) is 21.1. The highest BCUT2D eigenvalue weighted by Gasteiger charge is 2.49. The Labute approximate surface area is 176 Å². The zero-order valence-corrected chi connectivity index (χ0v) is 16.5. The van der Waals surface area contributed by atoms with Crippen molar-refractivity contribution in [1.29, 1.82) is 0 Å². The first kappa shape index (κ1) is 20.6. The van der Waals surface area contributed by atoms with Crippen molar-refractivity contribution < 1.29 is 23.2 Å². The number of carbonyl (C=O) groups is 3. The Morgan fingerprint density at radius 3 is 2.35 bits per heavy atom. The number of amides is 4. The number of halogens is 2. The van der Waals surface area contributed by atoms with E-state index in [0.717, 1.165) is 6.07 Å². The van der Waals surface area contributed by atoms with Gasteiger partial charge in [0.1, 0.15) is 11.6 Å². The summed E-state index contributed by atoms with van der Waals surface area (Å²) in [5, 5.41) is 4.77. The summed E-state index contributed by atoms with van der Waals surface area (Å²) in [4.78, 5) is 48.6. The largest absolute Gasteiger partial charge is 0.368 e. The van der Waals surface area contributed by atoms with Crippen LogP contribution in [0.25, 0.3) is 0 Å². The first-order valence-electron chi connectivity index (χ1n) is 9.76. The van der Waals surface area contributed by atoms with Gasteiger partial charge in [0.2, 0.25) is 5.91 Å². The summed E-state index contributed by atoms with van der Waals surface area (Å²) >= 11 is 0. The summed E-state index contributed by atoms with van der Waals surface area (Å²) in [6.45, 7) is 1.57. The van der Waals surface area contributed by atoms with Crippen LogP contribution in [0.1, 0.15) is 18.5 Å². The van der Waals surface area contributed by atoms with Crippen molar-refractivity contribution in [2.45, 2.75) is 18.4 Å². The van der Waals surface area contributed by atoms with Gasteiger partial charge in [-0.25, -0.2) is 13.6 Å². The van der Waals surface area contributed by atoms with E-state index in [0.29, 0.717) is 31.9 Å². The summed E-state index contributed by atoms with van der Waals surface area (Å²) in [7, 11) is 0. The third-order valence-electron chi connectivity index (χ3n) is 5.50. The molecule has 1 aromatic heterocycles. The highest BCUT2D eigenvalue weighted by Crippen LogP contribution is 2.29. The monoisotopic (exact) mass is 430 g/mol. The molecule has 0 saturated carbocycles. The fourth-order valence-corrected chi connectivity index (χ4v) is 3.88. The maximum atomic E-state index is 13.5. The number of aromatic nitrogens is 2. The summed E-state index contributed by atoms with van der Waals surface area (Å²) in [5.74, 6) is -2.08. The molecule has 2 N–H and O–H groups in total. The highest BCUT2D eigenvalue weighted by atomic mass is 19.1. The second-order valence-electron chi connectivity index (χ2n) is 7.40. The molecule has 2 fully saturated rings. The summed E-state index contributed by atoms with van der Waals surface area (Å²) in [6.07, 6.45) is 4.26. The van der Waals surface area contributed by atoms with Crippen LogP contribution >= 0.6 is 0 Å². The molecular formula is C20H20F2N6O3. The minimum absolute atomic E-state index is 0.00112. The fourth-order valence-electron chi connectivity index (χ4n) is 3.88. The Morgan fingerprint density at radius 2 is 1.77 bits per heavy atom. The van der Waals surface area contributed by atoms with Gasteiger partial charge in [-0.15, -0.1) is 0 Å². The molecule has 3 heterocycles. The molecule has 31 heavy (non-hydrogen) atoms. The molecule has 11 heteroatoms. The number of hydrogen-bond donors (Lipinski definition) is 2. The molecule has 4 amide bonds. The molecule has 2 aliphatic rings. The first-order chi connectivity index (χ1) is 14.9. The van der Waals surface area contributed by atoms with Crippen LogP contribution in [0.4, 0.5) is 19.3 Å². The lowest BCUT2D eigenvalue weighted by atomic mass is 9.89. The number of urea groups is 1. The lowest BCUT2D eigenvalue weighted by Crippen LogP contribution is -2.50. The molecule has 1 aromatic carbocycles. The molecule has 162 valence electrons. The van der Waals surface area contributed by atoms with E-state index in [1.54, 1.807) is 4.90 Å². The average molecular weight is 430 g/mol. The number of imide groups is 1. The van der Waals surface area contributed by atoms with Crippen molar-refractivity contribution in [3.05, 3.63) is 54.1 Å². The molecule has 2 aromatic rings. The van der Waals surface area contributed by atoms with Crippen LogP contribution in [-0.4, -0.2) is 58.9 Å². The molecule has 0 bridgehead atoms. The van der Waals surface area contributed by atoms with Crippen LogP contribution in [0.5, 0.6) is 0 Å². The predicted molar refractivity (Wildman–Crippen MR) is 105 cm³/mol. The third kappa shape index (κ3) is 4.16. The molecule has 2 saturated heterocycles. The van der Waals surface area contributed by atoms with Crippen LogP contribution in [0.15, 0.2) is 36.8 Å². The molecule has 4 rings (SSSR count). The Kier molecular flexibility index (Phi) is 5.49. The highest BCUT2D eigenvalue weighted by molar-refractivity contribution is 6.07. The van der Waals surface area contributed by atoms with E-state index in [-0.39, 0.29) is 24.4 Å². The lowest BCUT2D eigenvalue weighted by Gasteiger charge is -2.36. The van der Waals surface area contributed by atoms with Gasteiger partial charge in [-0.1, -0.05) is 0 Å². The number of benzene rings is 1. The smallest absolute Gasteiger partial charge is 0.322 e. The van der Waals surface area contributed by atoms with Crippen molar-refractivity contribution in [1.82, 2.24) is 25.5 Å². The summed E-state index contributed by atoms with van der Waals surface area (Å²) < 4.78 is 26.9. The quantitative estimate of drug-likeness (QED) is 0.683. The Morgan fingerprint density at radius 1 is 1.06 bits per heavy atom. The van der Waals surface area contributed by atoms with Crippen LogP contribution in [-0.2, 0) is 15.1 Å². The number of anilines is 1. The standard InChI is InChI=1S/C20H20F2N6O3/c21-13-9-14(22)11-15(10-13)27-5-7-28(8-6-27)17(29)1-2-20(16-12-23-3-4-24-16)18(30)25-19(31)26-20/h3-4,9-12H,1-2,5-8H2,(H2,25,26,30,31). The molecule has 0 radical (unpaired) electrons. The Hall–Kier alpha value is -3.63. The molecule has 0 spiro atoms. The summed E-state index contributed by atoms with van der Waals surface area (Å²) in [5.41, 5.74) is -0.775. The van der Waals surface area contributed by atoms with Crippen molar-refractivity contribution in [3.63, 3.8) is 0 Å². The predicted octanol–water partition coefficient (Wildman–Crippen LogP) is 0.918. The molecule has 2 aliphatic heterocycles. The van der Waals surface area contributed by atoms with Gasteiger partial charge in [0.15, 0.2) is 5.54 Å². The first-order valence-corrected chi connectivity index (χ1v) is 9.76. The summed E-state index contributed by atoms with van der Waals surface area (Å²) in [6, 6.07) is 2.67. The van der Waals surface area contributed by atoms with Gasteiger partial charge in [-0.2, -0.15) is 0 Å².